The molecule has 21 heavy (non-hydrogen) atoms. The molecule has 2 atom stereocenters. The van der Waals surface area contributed by atoms with Crippen LogP contribution in [0, 0.1) is 12.3 Å². The monoisotopic (exact) mass is 295 g/mol. The standard InChI is InChI=1S/C16H25NO4/c1-9(8-20-5)17-15(19)14-10(2)13-11(18)6-16(3,4)7-12(13)21-14/h9,11,18H,6-8H2,1-5H3,(H,17,19)/t9-,11-/m0/s1. The number of rotatable bonds is 4. The minimum absolute atomic E-state index is 0.0200. The van der Waals surface area contributed by atoms with Crippen LogP contribution in [0.5, 0.6) is 0 Å². The van der Waals surface area contributed by atoms with E-state index in [1.807, 2.05) is 13.8 Å². The largest absolute Gasteiger partial charge is 0.455 e. The predicted molar refractivity (Wildman–Crippen MR) is 79.3 cm³/mol. The Morgan fingerprint density at radius 2 is 2.24 bits per heavy atom. The van der Waals surface area contributed by atoms with Crippen molar-refractivity contribution in [1.82, 2.24) is 5.32 Å². The maximum absolute atomic E-state index is 12.3. The second kappa shape index (κ2) is 5.81. The van der Waals surface area contributed by atoms with Crippen molar-refractivity contribution in [1.29, 1.82) is 0 Å². The fraction of sp³-hybridized carbons (Fsp3) is 0.688. The summed E-state index contributed by atoms with van der Waals surface area (Å²) in [6.07, 6.45) is 0.855. The van der Waals surface area contributed by atoms with Crippen molar-refractivity contribution in [3.63, 3.8) is 0 Å². The summed E-state index contributed by atoms with van der Waals surface area (Å²) in [6, 6.07) is -0.0922. The summed E-state index contributed by atoms with van der Waals surface area (Å²) in [5.41, 5.74) is 1.52. The number of furan rings is 1. The summed E-state index contributed by atoms with van der Waals surface area (Å²) in [5, 5.41) is 13.2. The SMILES string of the molecule is COC[C@H](C)NC(=O)c1oc2c(c1C)[C@@H](O)CC(C)(C)C2. The molecule has 5 nitrogen and oxygen atoms in total. The lowest BCUT2D eigenvalue weighted by molar-refractivity contribution is 0.0853. The van der Waals surface area contributed by atoms with Gasteiger partial charge in [0.1, 0.15) is 5.76 Å². The molecular formula is C16H25NO4. The van der Waals surface area contributed by atoms with Gasteiger partial charge < -0.3 is 19.6 Å². The number of hydrogen-bond donors (Lipinski definition) is 2. The van der Waals surface area contributed by atoms with Crippen LogP contribution in [0.1, 0.15) is 60.7 Å². The highest BCUT2D eigenvalue weighted by molar-refractivity contribution is 5.93. The maximum atomic E-state index is 12.3. The van der Waals surface area contributed by atoms with E-state index in [1.54, 1.807) is 7.11 Å². The molecule has 0 aromatic carbocycles. The third-order valence-corrected chi connectivity index (χ3v) is 3.99. The first-order valence-electron chi connectivity index (χ1n) is 7.35. The van der Waals surface area contributed by atoms with E-state index in [-0.39, 0.29) is 17.4 Å². The lowest BCUT2D eigenvalue weighted by Crippen LogP contribution is -2.35. The summed E-state index contributed by atoms with van der Waals surface area (Å²) < 4.78 is 10.8. The van der Waals surface area contributed by atoms with Crippen molar-refractivity contribution in [2.45, 2.75) is 52.7 Å². The normalized spacial score (nSPS) is 21.7. The van der Waals surface area contributed by atoms with Gasteiger partial charge in [0.05, 0.1) is 12.7 Å². The Morgan fingerprint density at radius 3 is 2.86 bits per heavy atom. The van der Waals surface area contributed by atoms with E-state index in [0.29, 0.717) is 18.8 Å². The summed E-state index contributed by atoms with van der Waals surface area (Å²) >= 11 is 0. The molecule has 1 amide bonds. The second-order valence-electron chi connectivity index (χ2n) is 6.78. The molecule has 0 saturated heterocycles. The van der Waals surface area contributed by atoms with E-state index >= 15 is 0 Å². The van der Waals surface area contributed by atoms with Crippen LogP contribution in [0.2, 0.25) is 0 Å². The molecule has 1 aliphatic carbocycles. The maximum Gasteiger partial charge on any atom is 0.287 e. The van der Waals surface area contributed by atoms with Gasteiger partial charge in [0.15, 0.2) is 5.76 Å². The van der Waals surface area contributed by atoms with Crippen molar-refractivity contribution in [3.05, 3.63) is 22.6 Å². The molecule has 5 heteroatoms. The van der Waals surface area contributed by atoms with Gasteiger partial charge >= 0.3 is 0 Å². The minimum Gasteiger partial charge on any atom is -0.455 e. The van der Waals surface area contributed by atoms with Crippen LogP contribution >= 0.6 is 0 Å². The van der Waals surface area contributed by atoms with Crippen LogP contribution in [-0.4, -0.2) is 30.8 Å². The Morgan fingerprint density at radius 1 is 1.57 bits per heavy atom. The van der Waals surface area contributed by atoms with Crippen molar-refractivity contribution in [2.24, 2.45) is 5.41 Å². The van der Waals surface area contributed by atoms with Crippen molar-refractivity contribution < 1.29 is 19.1 Å². The molecule has 0 radical (unpaired) electrons. The highest BCUT2D eigenvalue weighted by Crippen LogP contribution is 2.43. The number of carbonyl (C=O) groups excluding carboxylic acids is 1. The molecule has 0 spiro atoms. The van der Waals surface area contributed by atoms with E-state index in [2.05, 4.69) is 19.2 Å². The van der Waals surface area contributed by atoms with Gasteiger partial charge in [0.25, 0.3) is 5.91 Å². The van der Waals surface area contributed by atoms with E-state index < -0.39 is 6.10 Å². The number of aliphatic hydroxyl groups excluding tert-OH is 1. The fourth-order valence-corrected chi connectivity index (χ4v) is 3.08. The number of hydrogen-bond acceptors (Lipinski definition) is 4. The molecule has 0 unspecified atom stereocenters. The zero-order valence-corrected chi connectivity index (χ0v) is 13.4. The van der Waals surface area contributed by atoms with Crippen LogP contribution in [0.25, 0.3) is 0 Å². The molecule has 1 aromatic rings. The molecule has 0 fully saturated rings. The van der Waals surface area contributed by atoms with Gasteiger partial charge in [-0.1, -0.05) is 13.8 Å². The molecule has 118 valence electrons. The zero-order valence-electron chi connectivity index (χ0n) is 13.4. The topological polar surface area (TPSA) is 71.7 Å². The van der Waals surface area contributed by atoms with Crippen LogP contribution in [0.3, 0.4) is 0 Å². The Hall–Kier alpha value is -1.33. The molecule has 0 saturated carbocycles. The molecule has 0 bridgehead atoms. The van der Waals surface area contributed by atoms with Gasteiger partial charge in [-0.25, -0.2) is 0 Å². The lowest BCUT2D eigenvalue weighted by atomic mass is 9.75. The van der Waals surface area contributed by atoms with Crippen molar-refractivity contribution in [3.8, 4) is 0 Å². The number of ether oxygens (including phenoxy) is 1. The van der Waals surface area contributed by atoms with E-state index in [0.717, 1.165) is 23.3 Å². The lowest BCUT2D eigenvalue weighted by Gasteiger charge is -2.31. The van der Waals surface area contributed by atoms with Crippen molar-refractivity contribution in [2.75, 3.05) is 13.7 Å². The Bertz CT molecular complexity index is 533. The van der Waals surface area contributed by atoms with E-state index in [9.17, 15) is 9.90 Å². The Kier molecular flexibility index (Phi) is 4.44. The summed E-state index contributed by atoms with van der Waals surface area (Å²) in [4.78, 5) is 12.3. The number of methoxy groups -OCH3 is 1. The van der Waals surface area contributed by atoms with Gasteiger partial charge in [-0.05, 0) is 25.7 Å². The molecule has 1 aromatic heterocycles. The van der Waals surface area contributed by atoms with Gasteiger partial charge in [-0.2, -0.15) is 0 Å². The van der Waals surface area contributed by atoms with Gasteiger partial charge in [0.2, 0.25) is 0 Å². The summed E-state index contributed by atoms with van der Waals surface area (Å²) in [6.45, 7) is 8.34. The van der Waals surface area contributed by atoms with Gasteiger partial charge in [-0.3, -0.25) is 4.79 Å². The third kappa shape index (κ3) is 3.30. The Labute approximate surface area is 125 Å². The first-order valence-corrected chi connectivity index (χ1v) is 7.35. The van der Waals surface area contributed by atoms with E-state index in [1.165, 1.54) is 0 Å². The molecule has 1 aliphatic rings. The van der Waals surface area contributed by atoms with Crippen LogP contribution < -0.4 is 5.32 Å². The average molecular weight is 295 g/mol. The number of carbonyl (C=O) groups is 1. The Balaban J connectivity index is 2.26. The van der Waals surface area contributed by atoms with Gasteiger partial charge in [-0.15, -0.1) is 0 Å². The van der Waals surface area contributed by atoms with Crippen LogP contribution in [-0.2, 0) is 11.2 Å². The molecular weight excluding hydrogens is 270 g/mol. The molecule has 0 aliphatic heterocycles. The number of nitrogens with one attached hydrogen (secondary N) is 1. The smallest absolute Gasteiger partial charge is 0.287 e. The second-order valence-corrected chi connectivity index (χ2v) is 6.78. The van der Waals surface area contributed by atoms with Gasteiger partial charge in [0, 0.05) is 30.7 Å². The molecule has 2 N–H and O–H groups in total. The quantitative estimate of drug-likeness (QED) is 0.894. The zero-order chi connectivity index (χ0) is 15.8. The first-order chi connectivity index (χ1) is 9.75. The number of amides is 1. The highest BCUT2D eigenvalue weighted by atomic mass is 16.5. The van der Waals surface area contributed by atoms with Crippen molar-refractivity contribution >= 4 is 5.91 Å². The molecule has 1 heterocycles. The molecule has 2 rings (SSSR count). The van der Waals surface area contributed by atoms with Crippen LogP contribution in [0.4, 0.5) is 0 Å². The first kappa shape index (κ1) is 16.0. The predicted octanol–water partition coefficient (Wildman–Crippen LogP) is 2.36. The highest BCUT2D eigenvalue weighted by Gasteiger charge is 2.37. The fourth-order valence-electron chi connectivity index (χ4n) is 3.08. The average Bonchev–Trinajstić information content (AvgIpc) is 2.64. The summed E-state index contributed by atoms with van der Waals surface area (Å²) in [5.74, 6) is 0.789. The third-order valence-electron chi connectivity index (χ3n) is 3.99. The number of aliphatic hydroxyl groups is 1. The van der Waals surface area contributed by atoms with Crippen LogP contribution in [0.15, 0.2) is 4.42 Å². The summed E-state index contributed by atoms with van der Waals surface area (Å²) in [7, 11) is 1.60. The van der Waals surface area contributed by atoms with E-state index in [4.69, 9.17) is 9.15 Å². The minimum atomic E-state index is -0.564. The number of fused-ring (bicyclic) bond motifs is 1.